The second-order valence-electron chi connectivity index (χ2n) is 5.12. The molecular weight excluding hydrogens is 306 g/mol. The van der Waals surface area contributed by atoms with Crippen molar-refractivity contribution in [3.8, 4) is 0 Å². The first-order valence-corrected chi connectivity index (χ1v) is 7.99. The maximum Gasteiger partial charge on any atom is 0.240 e. The van der Waals surface area contributed by atoms with Crippen LogP contribution < -0.4 is 5.32 Å². The van der Waals surface area contributed by atoms with Gasteiger partial charge >= 0.3 is 0 Å². The number of hydrogen-bond acceptors (Lipinski definition) is 7. The maximum absolute atomic E-state index is 12.0. The van der Waals surface area contributed by atoms with E-state index in [1.807, 2.05) is 4.90 Å². The van der Waals surface area contributed by atoms with E-state index in [2.05, 4.69) is 20.4 Å². The highest BCUT2D eigenvalue weighted by molar-refractivity contribution is 7.15. The van der Waals surface area contributed by atoms with Crippen molar-refractivity contribution in [3.05, 3.63) is 5.01 Å². The summed E-state index contributed by atoms with van der Waals surface area (Å²) in [6.07, 6.45) is 0.879. The van der Waals surface area contributed by atoms with Crippen LogP contribution in [0.15, 0.2) is 0 Å². The summed E-state index contributed by atoms with van der Waals surface area (Å²) in [5.74, 6) is -0.0257. The summed E-state index contributed by atoms with van der Waals surface area (Å²) < 4.78 is 4.97. The third-order valence-corrected chi connectivity index (χ3v) is 4.19. The third-order valence-electron chi connectivity index (χ3n) is 3.38. The zero-order valence-electron chi connectivity index (χ0n) is 12.9. The Labute approximate surface area is 133 Å². The number of aromatic nitrogens is 2. The Morgan fingerprint density at radius 3 is 2.82 bits per heavy atom. The standard InChI is InChI=1S/C13H21N5O3S/c1-10(19)18-5-3-4-17(6-7-18)8-11(20)14-13-16-15-12(22-13)9-21-2/h3-9H2,1-2H3,(H,14,16,20). The number of carbonyl (C=O) groups is 2. The first-order chi connectivity index (χ1) is 10.6. The van der Waals surface area contributed by atoms with E-state index < -0.39 is 0 Å². The molecule has 1 fully saturated rings. The van der Waals surface area contributed by atoms with E-state index >= 15 is 0 Å². The van der Waals surface area contributed by atoms with Crippen molar-refractivity contribution >= 4 is 28.3 Å². The molecular formula is C13H21N5O3S. The van der Waals surface area contributed by atoms with Crippen molar-refractivity contribution in [3.63, 3.8) is 0 Å². The molecule has 9 heteroatoms. The van der Waals surface area contributed by atoms with Crippen molar-refractivity contribution < 1.29 is 14.3 Å². The maximum atomic E-state index is 12.0. The lowest BCUT2D eigenvalue weighted by atomic mass is 10.3. The Bertz CT molecular complexity index is 522. The predicted octanol–water partition coefficient (Wildman–Crippen LogP) is 0.177. The molecule has 1 N–H and O–H groups in total. The zero-order chi connectivity index (χ0) is 15.9. The molecule has 2 rings (SSSR count). The van der Waals surface area contributed by atoms with Gasteiger partial charge in [0.15, 0.2) is 0 Å². The minimum Gasteiger partial charge on any atom is -0.377 e. The van der Waals surface area contributed by atoms with Crippen LogP contribution in [0.5, 0.6) is 0 Å². The van der Waals surface area contributed by atoms with Crippen molar-refractivity contribution in [2.45, 2.75) is 20.0 Å². The zero-order valence-corrected chi connectivity index (χ0v) is 13.7. The largest absolute Gasteiger partial charge is 0.377 e. The number of amides is 2. The van der Waals surface area contributed by atoms with E-state index in [-0.39, 0.29) is 11.8 Å². The molecule has 0 radical (unpaired) electrons. The molecule has 122 valence electrons. The van der Waals surface area contributed by atoms with Gasteiger partial charge in [-0.25, -0.2) is 0 Å². The monoisotopic (exact) mass is 327 g/mol. The third kappa shape index (κ3) is 5.00. The van der Waals surface area contributed by atoms with Crippen LogP contribution in [-0.4, -0.2) is 71.6 Å². The van der Waals surface area contributed by atoms with Crippen LogP contribution in [0.1, 0.15) is 18.4 Å². The van der Waals surface area contributed by atoms with Gasteiger partial charge in [0.05, 0.1) is 6.54 Å². The van der Waals surface area contributed by atoms with Gasteiger partial charge in [0, 0.05) is 40.2 Å². The Morgan fingerprint density at radius 2 is 2.09 bits per heavy atom. The van der Waals surface area contributed by atoms with Gasteiger partial charge in [-0.2, -0.15) is 0 Å². The number of ether oxygens (including phenoxy) is 1. The van der Waals surface area contributed by atoms with E-state index in [9.17, 15) is 9.59 Å². The molecule has 0 spiro atoms. The second kappa shape index (κ2) is 8.16. The molecule has 0 aliphatic carbocycles. The minimum absolute atomic E-state index is 0.0887. The first kappa shape index (κ1) is 16.8. The molecule has 0 atom stereocenters. The number of methoxy groups -OCH3 is 1. The fraction of sp³-hybridized carbons (Fsp3) is 0.692. The van der Waals surface area contributed by atoms with Crippen molar-refractivity contribution in [1.29, 1.82) is 0 Å². The Morgan fingerprint density at radius 1 is 1.27 bits per heavy atom. The Balaban J connectivity index is 1.79. The topological polar surface area (TPSA) is 87.7 Å². The Kier molecular flexibility index (Phi) is 6.22. The summed E-state index contributed by atoms with van der Waals surface area (Å²) in [7, 11) is 1.59. The van der Waals surface area contributed by atoms with E-state index in [1.165, 1.54) is 11.3 Å². The summed E-state index contributed by atoms with van der Waals surface area (Å²) in [6.45, 7) is 5.20. The average Bonchev–Trinajstić information content (AvgIpc) is 2.75. The summed E-state index contributed by atoms with van der Waals surface area (Å²) in [5.41, 5.74) is 0. The van der Waals surface area contributed by atoms with E-state index in [1.54, 1.807) is 14.0 Å². The number of hydrogen-bond donors (Lipinski definition) is 1. The van der Waals surface area contributed by atoms with Gasteiger partial charge in [-0.05, 0) is 6.42 Å². The van der Waals surface area contributed by atoms with Crippen LogP contribution >= 0.6 is 11.3 Å². The van der Waals surface area contributed by atoms with E-state index in [0.29, 0.717) is 31.4 Å². The fourth-order valence-electron chi connectivity index (χ4n) is 2.29. The lowest BCUT2D eigenvalue weighted by Gasteiger charge is -2.20. The average molecular weight is 327 g/mol. The summed E-state index contributed by atoms with van der Waals surface area (Å²) in [5, 5.41) is 11.8. The van der Waals surface area contributed by atoms with Crippen LogP contribution in [0.2, 0.25) is 0 Å². The number of rotatable bonds is 5. The van der Waals surface area contributed by atoms with Gasteiger partial charge in [-0.15, -0.1) is 10.2 Å². The van der Waals surface area contributed by atoms with Crippen molar-refractivity contribution in [2.24, 2.45) is 0 Å². The number of anilines is 1. The molecule has 0 aromatic carbocycles. The SMILES string of the molecule is COCc1nnc(NC(=O)CN2CCCN(C(C)=O)CC2)s1. The fourth-order valence-corrected chi connectivity index (χ4v) is 3.02. The second-order valence-corrected chi connectivity index (χ2v) is 6.18. The molecule has 0 unspecified atom stereocenters. The van der Waals surface area contributed by atoms with Crippen LogP contribution in [0.25, 0.3) is 0 Å². The van der Waals surface area contributed by atoms with Gasteiger partial charge in [0.2, 0.25) is 16.9 Å². The van der Waals surface area contributed by atoms with Gasteiger partial charge in [-0.3, -0.25) is 19.8 Å². The normalized spacial score (nSPS) is 16.4. The molecule has 1 aliphatic rings. The molecule has 1 aromatic heterocycles. The van der Waals surface area contributed by atoms with Crippen molar-refractivity contribution in [1.82, 2.24) is 20.0 Å². The first-order valence-electron chi connectivity index (χ1n) is 7.17. The molecule has 8 nitrogen and oxygen atoms in total. The number of nitrogens with zero attached hydrogens (tertiary/aromatic N) is 4. The smallest absolute Gasteiger partial charge is 0.240 e. The van der Waals surface area contributed by atoms with E-state index in [0.717, 1.165) is 24.5 Å². The van der Waals surface area contributed by atoms with Crippen LogP contribution in [0, 0.1) is 0 Å². The van der Waals surface area contributed by atoms with Crippen LogP contribution in [0.4, 0.5) is 5.13 Å². The predicted molar refractivity (Wildman–Crippen MR) is 82.6 cm³/mol. The summed E-state index contributed by atoms with van der Waals surface area (Å²) in [4.78, 5) is 27.3. The molecule has 2 amide bonds. The van der Waals surface area contributed by atoms with Gasteiger partial charge in [-0.1, -0.05) is 11.3 Å². The Hall–Kier alpha value is -1.58. The summed E-state index contributed by atoms with van der Waals surface area (Å²) in [6, 6.07) is 0. The highest BCUT2D eigenvalue weighted by Crippen LogP contribution is 2.15. The minimum atomic E-state index is -0.114. The lowest BCUT2D eigenvalue weighted by Crippen LogP contribution is -2.37. The molecule has 2 heterocycles. The van der Waals surface area contributed by atoms with E-state index in [4.69, 9.17) is 4.74 Å². The highest BCUT2D eigenvalue weighted by atomic mass is 32.1. The molecule has 0 bridgehead atoms. The molecule has 1 saturated heterocycles. The number of nitrogens with one attached hydrogen (secondary N) is 1. The molecule has 1 aromatic rings. The highest BCUT2D eigenvalue weighted by Gasteiger charge is 2.18. The quantitative estimate of drug-likeness (QED) is 0.830. The number of carbonyl (C=O) groups excluding carboxylic acids is 2. The molecule has 0 saturated carbocycles. The summed E-state index contributed by atoms with van der Waals surface area (Å²) >= 11 is 1.31. The van der Waals surface area contributed by atoms with Crippen LogP contribution in [0.3, 0.4) is 0 Å². The molecule has 1 aliphatic heterocycles. The van der Waals surface area contributed by atoms with Gasteiger partial charge in [0.1, 0.15) is 11.6 Å². The van der Waals surface area contributed by atoms with Crippen LogP contribution in [-0.2, 0) is 20.9 Å². The van der Waals surface area contributed by atoms with Gasteiger partial charge < -0.3 is 9.64 Å². The van der Waals surface area contributed by atoms with Gasteiger partial charge in [0.25, 0.3) is 0 Å². The van der Waals surface area contributed by atoms with Crippen molar-refractivity contribution in [2.75, 3.05) is 45.2 Å². The lowest BCUT2D eigenvalue weighted by molar-refractivity contribution is -0.128. The molecule has 22 heavy (non-hydrogen) atoms.